The maximum atomic E-state index is 6.85. The van der Waals surface area contributed by atoms with Gasteiger partial charge in [-0.1, -0.05) is 117 Å². The first kappa shape index (κ1) is 24.8. The summed E-state index contributed by atoms with van der Waals surface area (Å²) >= 11 is 0. The lowest BCUT2D eigenvalue weighted by Crippen LogP contribution is -2.14. The smallest absolute Gasteiger partial charge is 0.143 e. The van der Waals surface area contributed by atoms with E-state index in [1.165, 1.54) is 65.8 Å². The summed E-state index contributed by atoms with van der Waals surface area (Å²) in [6.07, 6.45) is 0. The SMILES string of the molecule is CC1(C)c2ccccc2-c2ccc(-c3cccc4c3oc3ccc5c(c34)c3c4ccccc4ccc3n5-c3ccccc3)cc21. The molecule has 0 radical (unpaired) electrons. The number of fused-ring (bicyclic) bond motifs is 12. The molecular formula is C43H29NO. The second-order valence-electron chi connectivity index (χ2n) is 12.9. The van der Waals surface area contributed by atoms with Gasteiger partial charge < -0.3 is 8.98 Å². The van der Waals surface area contributed by atoms with Crippen LogP contribution in [0.5, 0.6) is 0 Å². The third-order valence-electron chi connectivity index (χ3n) is 10.2. The van der Waals surface area contributed by atoms with Gasteiger partial charge in [0, 0.05) is 38.2 Å². The average molecular weight is 576 g/mol. The van der Waals surface area contributed by atoms with E-state index in [2.05, 4.69) is 158 Å². The van der Waals surface area contributed by atoms with Crippen LogP contribution >= 0.6 is 0 Å². The minimum absolute atomic E-state index is 0.0593. The van der Waals surface area contributed by atoms with Crippen LogP contribution in [-0.2, 0) is 5.41 Å². The second-order valence-corrected chi connectivity index (χ2v) is 12.9. The van der Waals surface area contributed by atoms with Gasteiger partial charge in [-0.15, -0.1) is 0 Å². The molecule has 9 aromatic rings. The summed E-state index contributed by atoms with van der Waals surface area (Å²) < 4.78 is 9.25. The molecule has 1 aliphatic carbocycles. The number of furan rings is 1. The highest BCUT2D eigenvalue weighted by atomic mass is 16.3. The molecule has 0 unspecified atom stereocenters. The van der Waals surface area contributed by atoms with Crippen molar-refractivity contribution in [2.45, 2.75) is 19.3 Å². The first-order valence-electron chi connectivity index (χ1n) is 15.7. The summed E-state index contributed by atoms with van der Waals surface area (Å²) in [6, 6.07) is 50.7. The van der Waals surface area contributed by atoms with Crippen LogP contribution in [0, 0.1) is 0 Å². The van der Waals surface area contributed by atoms with Crippen molar-refractivity contribution in [3.05, 3.63) is 151 Å². The Morgan fingerprint density at radius 2 is 1.22 bits per heavy atom. The summed E-state index contributed by atoms with van der Waals surface area (Å²) in [5.41, 5.74) is 13.1. The summed E-state index contributed by atoms with van der Waals surface area (Å²) in [5.74, 6) is 0. The number of hydrogen-bond acceptors (Lipinski definition) is 1. The molecule has 0 fully saturated rings. The van der Waals surface area contributed by atoms with Crippen molar-refractivity contribution in [1.29, 1.82) is 0 Å². The van der Waals surface area contributed by atoms with Crippen LogP contribution in [0.2, 0.25) is 0 Å². The van der Waals surface area contributed by atoms with E-state index in [0.29, 0.717) is 0 Å². The van der Waals surface area contributed by atoms with E-state index in [-0.39, 0.29) is 5.41 Å². The topological polar surface area (TPSA) is 18.1 Å². The van der Waals surface area contributed by atoms with Gasteiger partial charge in [0.15, 0.2) is 0 Å². The number of rotatable bonds is 2. The van der Waals surface area contributed by atoms with Crippen LogP contribution in [0.15, 0.2) is 144 Å². The molecule has 45 heavy (non-hydrogen) atoms. The van der Waals surface area contributed by atoms with E-state index in [1.54, 1.807) is 0 Å². The Bertz CT molecular complexity index is 2670. The Hall–Kier alpha value is -5.60. The summed E-state index contributed by atoms with van der Waals surface area (Å²) in [6.45, 7) is 4.68. The van der Waals surface area contributed by atoms with Gasteiger partial charge >= 0.3 is 0 Å². The highest BCUT2D eigenvalue weighted by molar-refractivity contribution is 6.32. The fourth-order valence-corrected chi connectivity index (χ4v) is 8.11. The molecule has 0 bridgehead atoms. The molecular weight excluding hydrogens is 546 g/mol. The van der Waals surface area contributed by atoms with Gasteiger partial charge in [0.2, 0.25) is 0 Å². The largest absolute Gasteiger partial charge is 0.455 e. The number of aromatic nitrogens is 1. The van der Waals surface area contributed by atoms with Crippen molar-refractivity contribution >= 4 is 54.5 Å². The lowest BCUT2D eigenvalue weighted by Gasteiger charge is -2.22. The molecule has 0 spiro atoms. The zero-order chi connectivity index (χ0) is 29.9. The maximum absolute atomic E-state index is 6.85. The van der Waals surface area contributed by atoms with Gasteiger partial charge in [0.25, 0.3) is 0 Å². The fraction of sp³-hybridized carbons (Fsp3) is 0.0698. The third-order valence-corrected chi connectivity index (χ3v) is 10.2. The molecule has 2 aromatic heterocycles. The van der Waals surface area contributed by atoms with Crippen LogP contribution in [-0.4, -0.2) is 4.57 Å². The van der Waals surface area contributed by atoms with Crippen LogP contribution in [0.25, 0.3) is 82.5 Å². The van der Waals surface area contributed by atoms with E-state index in [9.17, 15) is 0 Å². The molecule has 0 atom stereocenters. The van der Waals surface area contributed by atoms with Gasteiger partial charge in [0.1, 0.15) is 11.2 Å². The van der Waals surface area contributed by atoms with Gasteiger partial charge in [-0.25, -0.2) is 0 Å². The van der Waals surface area contributed by atoms with E-state index in [1.807, 2.05) is 0 Å². The molecule has 10 rings (SSSR count). The zero-order valence-corrected chi connectivity index (χ0v) is 25.1. The normalized spacial score (nSPS) is 13.7. The first-order valence-corrected chi connectivity index (χ1v) is 15.7. The van der Waals surface area contributed by atoms with Crippen LogP contribution in [0.3, 0.4) is 0 Å². The lowest BCUT2D eigenvalue weighted by molar-refractivity contribution is 0.660. The van der Waals surface area contributed by atoms with E-state index < -0.39 is 0 Å². The van der Waals surface area contributed by atoms with E-state index in [0.717, 1.165) is 27.8 Å². The number of nitrogens with zero attached hydrogens (tertiary/aromatic N) is 1. The molecule has 2 heteroatoms. The highest BCUT2D eigenvalue weighted by Gasteiger charge is 2.35. The molecule has 0 saturated carbocycles. The predicted molar refractivity (Wildman–Crippen MR) is 189 cm³/mol. The van der Waals surface area contributed by atoms with Crippen molar-refractivity contribution in [3.63, 3.8) is 0 Å². The van der Waals surface area contributed by atoms with Crippen molar-refractivity contribution < 1.29 is 4.42 Å². The molecule has 0 saturated heterocycles. The van der Waals surface area contributed by atoms with Crippen molar-refractivity contribution in [1.82, 2.24) is 4.57 Å². The van der Waals surface area contributed by atoms with Gasteiger partial charge in [-0.3, -0.25) is 0 Å². The molecule has 2 nitrogen and oxygen atoms in total. The summed E-state index contributed by atoms with van der Waals surface area (Å²) in [4.78, 5) is 0. The molecule has 2 heterocycles. The quantitative estimate of drug-likeness (QED) is 0.200. The minimum atomic E-state index is -0.0593. The fourth-order valence-electron chi connectivity index (χ4n) is 8.11. The maximum Gasteiger partial charge on any atom is 0.143 e. The highest BCUT2D eigenvalue weighted by Crippen LogP contribution is 2.50. The Morgan fingerprint density at radius 3 is 2.13 bits per heavy atom. The molecule has 7 aromatic carbocycles. The Morgan fingerprint density at radius 1 is 0.511 bits per heavy atom. The van der Waals surface area contributed by atoms with Crippen LogP contribution < -0.4 is 0 Å². The zero-order valence-electron chi connectivity index (χ0n) is 25.1. The number of hydrogen-bond donors (Lipinski definition) is 0. The molecule has 0 N–H and O–H groups in total. The Kier molecular flexibility index (Phi) is 4.82. The minimum Gasteiger partial charge on any atom is -0.455 e. The standard InChI is InChI=1S/C43H29NO/c1-43(2)34-18-9-8-15-31(34)32-21-19-27(25-35(32)43)30-16-10-17-33-40-38(45-42(30)33)24-23-37-41(40)39-29-14-7-6-11-26(29)20-22-36(39)44(37)28-12-4-3-5-13-28/h3-25H,1-2H3. The Labute approximate surface area is 260 Å². The lowest BCUT2D eigenvalue weighted by atomic mass is 9.81. The van der Waals surface area contributed by atoms with Gasteiger partial charge in [0.05, 0.1) is 11.0 Å². The van der Waals surface area contributed by atoms with Gasteiger partial charge in [-0.2, -0.15) is 0 Å². The molecule has 0 aliphatic heterocycles. The first-order chi connectivity index (χ1) is 22.1. The Balaban J connectivity index is 1.30. The van der Waals surface area contributed by atoms with Crippen molar-refractivity contribution in [2.24, 2.45) is 0 Å². The average Bonchev–Trinajstić information content (AvgIpc) is 3.71. The van der Waals surface area contributed by atoms with Crippen LogP contribution in [0.1, 0.15) is 25.0 Å². The molecule has 212 valence electrons. The van der Waals surface area contributed by atoms with Crippen LogP contribution in [0.4, 0.5) is 0 Å². The summed E-state index contributed by atoms with van der Waals surface area (Å²) in [5, 5.41) is 7.33. The number of para-hydroxylation sites is 2. The second kappa shape index (κ2) is 8.74. The molecule has 0 amide bonds. The monoisotopic (exact) mass is 575 g/mol. The van der Waals surface area contributed by atoms with Crippen molar-refractivity contribution in [3.8, 4) is 27.9 Å². The number of benzene rings is 7. The van der Waals surface area contributed by atoms with E-state index in [4.69, 9.17) is 4.42 Å². The van der Waals surface area contributed by atoms with Crippen molar-refractivity contribution in [2.75, 3.05) is 0 Å². The third kappa shape index (κ3) is 3.24. The summed E-state index contributed by atoms with van der Waals surface area (Å²) in [7, 11) is 0. The van der Waals surface area contributed by atoms with Gasteiger partial charge in [-0.05, 0) is 75.0 Å². The van der Waals surface area contributed by atoms with E-state index >= 15 is 0 Å². The molecule has 1 aliphatic rings. The predicted octanol–water partition coefficient (Wildman–Crippen LogP) is 11.8.